The molecule has 1 atom stereocenters. The molecule has 0 spiro atoms. The van der Waals surface area contributed by atoms with E-state index in [4.69, 9.17) is 9.47 Å². The number of carbonyl (C=O) groups excluding carboxylic acids is 2. The Kier molecular flexibility index (Phi) is 31.9. The summed E-state index contributed by atoms with van der Waals surface area (Å²) in [6.45, 7) is 2.43. The van der Waals surface area contributed by atoms with Gasteiger partial charge in [-0.05, 0) is 48.9 Å². The fourth-order valence-electron chi connectivity index (χ4n) is 2.06. The Morgan fingerprint density at radius 1 is 0.912 bits per heavy atom. The van der Waals surface area contributed by atoms with Gasteiger partial charge in [-0.25, -0.2) is 4.79 Å². The largest absolute Gasteiger partial charge is 1.00 e. The Hall–Kier alpha value is -0.750. The van der Waals surface area contributed by atoms with Gasteiger partial charge in [0.05, 0.1) is 14.4 Å². The first-order valence-corrected chi connectivity index (χ1v) is 11.2. The van der Waals surface area contributed by atoms with Gasteiger partial charge in [-0.1, -0.05) is 44.9 Å². The first kappa shape index (κ1) is 40.4. The molecule has 0 amide bonds. The van der Waals surface area contributed by atoms with Crippen LogP contribution in [0.15, 0.2) is 0 Å². The second-order valence-corrected chi connectivity index (χ2v) is 7.25. The van der Waals surface area contributed by atoms with Gasteiger partial charge in [-0.2, -0.15) is 0 Å². The number of hydrogen-bond acceptors (Lipinski definition) is 9. The third-order valence-electron chi connectivity index (χ3n) is 3.45. The summed E-state index contributed by atoms with van der Waals surface area (Å²) >= 11 is 0. The molecule has 0 aromatic carbocycles. The zero-order valence-electron chi connectivity index (χ0n) is 20.4. The Morgan fingerprint density at radius 3 is 2.06 bits per heavy atom. The minimum absolute atomic E-state index is 0. The molecule has 0 radical (unpaired) electrons. The molecule has 34 heavy (non-hydrogen) atoms. The van der Waals surface area contributed by atoms with Crippen molar-refractivity contribution in [3.63, 3.8) is 0 Å². The van der Waals surface area contributed by atoms with Gasteiger partial charge in [-0.15, -0.1) is 0 Å². The number of phosphoric ester groups is 1. The van der Waals surface area contributed by atoms with E-state index < -0.39 is 39.1 Å². The van der Waals surface area contributed by atoms with Crippen LogP contribution < -0.4 is 75.1 Å². The van der Waals surface area contributed by atoms with Crippen molar-refractivity contribution in [3.8, 4) is 47.4 Å². The summed E-state index contributed by atoms with van der Waals surface area (Å²) < 4.78 is 24.7. The normalized spacial score (nSPS) is 9.53. The molecule has 0 heterocycles. The molecular weight excluding hydrogens is 483 g/mol. The van der Waals surface area contributed by atoms with Crippen molar-refractivity contribution >= 4 is 19.8 Å². The molecule has 0 aromatic heterocycles. The molecule has 0 aliphatic rings. The monoisotopic (exact) mass is 525 g/mol. The van der Waals surface area contributed by atoms with Gasteiger partial charge in [0.25, 0.3) is 0 Å². The van der Waals surface area contributed by atoms with Gasteiger partial charge in [0.15, 0.2) is 6.10 Å². The summed E-state index contributed by atoms with van der Waals surface area (Å²) in [5.74, 6) is 17.2. The minimum Gasteiger partial charge on any atom is -0.790 e. The van der Waals surface area contributed by atoms with E-state index in [1.165, 1.54) is 0 Å². The van der Waals surface area contributed by atoms with Gasteiger partial charge < -0.3 is 34.5 Å². The maximum absolute atomic E-state index is 11.9. The number of rotatable bonds is 13. The van der Waals surface area contributed by atoms with Crippen molar-refractivity contribution in [1.82, 2.24) is 6.15 Å². The first-order valence-electron chi connectivity index (χ1n) is 9.74. The SMILES string of the molecule is CC#CC#CC#CC#CC(=O)OC[C@H](COP(=O)([O-])[O-])OC(=O)CCCCCCCC.N.[HH].[HH].[HH].[HH].[HH].[HH].[HH].[Na+].[Na+]. The van der Waals surface area contributed by atoms with E-state index in [0.717, 1.165) is 32.1 Å². The molecule has 0 rings (SSSR count). The second kappa shape index (κ2) is 26.8. The molecule has 0 aliphatic heterocycles. The van der Waals surface area contributed by atoms with Gasteiger partial charge >= 0.3 is 71.1 Å². The quantitative estimate of drug-likeness (QED) is 0.0659. The van der Waals surface area contributed by atoms with Gasteiger partial charge in [0.1, 0.15) is 6.61 Å². The fourth-order valence-corrected chi connectivity index (χ4v) is 2.41. The van der Waals surface area contributed by atoms with Gasteiger partial charge in [0, 0.05) is 22.3 Å². The fraction of sp³-hybridized carbons (Fsp3) is 0.545. The van der Waals surface area contributed by atoms with E-state index in [9.17, 15) is 23.9 Å². The van der Waals surface area contributed by atoms with Crippen LogP contribution in [0, 0.1) is 47.4 Å². The summed E-state index contributed by atoms with van der Waals surface area (Å²) in [4.78, 5) is 44.8. The average molecular weight is 526 g/mol. The molecule has 0 saturated heterocycles. The summed E-state index contributed by atoms with van der Waals surface area (Å²) in [5, 5.41) is 0. The maximum atomic E-state index is 11.9. The van der Waals surface area contributed by atoms with Crippen molar-refractivity contribution < 1.29 is 107 Å². The molecular formula is C22H42NNa2O8P. The van der Waals surface area contributed by atoms with E-state index in [0.29, 0.717) is 6.42 Å². The van der Waals surface area contributed by atoms with Crippen molar-refractivity contribution in [2.24, 2.45) is 0 Å². The van der Waals surface area contributed by atoms with E-state index in [-0.39, 0.29) is 81.7 Å². The van der Waals surface area contributed by atoms with Crippen molar-refractivity contribution in [3.05, 3.63) is 0 Å². The number of esters is 2. The van der Waals surface area contributed by atoms with Crippen LogP contribution >= 0.6 is 7.82 Å². The molecule has 0 unspecified atom stereocenters. The van der Waals surface area contributed by atoms with E-state index in [1.807, 2.05) is 0 Å². The van der Waals surface area contributed by atoms with Crippen molar-refractivity contribution in [2.45, 2.75) is 64.9 Å². The van der Waals surface area contributed by atoms with E-state index in [2.05, 4.69) is 58.8 Å². The van der Waals surface area contributed by atoms with Crippen LogP contribution in [0.1, 0.15) is 68.8 Å². The van der Waals surface area contributed by atoms with Crippen LogP contribution in [0.3, 0.4) is 0 Å². The molecule has 0 fully saturated rings. The molecule has 0 saturated carbocycles. The summed E-state index contributed by atoms with van der Waals surface area (Å²) in [6.07, 6.45) is 4.65. The van der Waals surface area contributed by atoms with Crippen molar-refractivity contribution in [1.29, 1.82) is 0 Å². The Balaban J connectivity index is -0.0000001000. The molecule has 12 heteroatoms. The van der Waals surface area contributed by atoms with Crippen LogP contribution in [0.25, 0.3) is 0 Å². The minimum atomic E-state index is -5.28. The zero-order chi connectivity index (χ0) is 23.4. The Bertz CT molecular complexity index is 903. The van der Waals surface area contributed by atoms with Crippen molar-refractivity contribution in [2.75, 3.05) is 13.2 Å². The smallest absolute Gasteiger partial charge is 0.790 e. The first-order chi connectivity index (χ1) is 14.8. The number of unbranched alkanes of at least 4 members (excludes halogenated alkanes) is 5. The molecule has 0 bridgehead atoms. The number of ether oxygens (including phenoxy) is 2. The van der Waals surface area contributed by atoms with E-state index >= 15 is 0 Å². The maximum Gasteiger partial charge on any atom is 1.00 e. The zero-order valence-corrected chi connectivity index (χ0v) is 25.3. The average Bonchev–Trinajstić information content (AvgIpc) is 2.71. The van der Waals surface area contributed by atoms with E-state index in [1.54, 1.807) is 6.92 Å². The Labute approximate surface area is 257 Å². The van der Waals surface area contributed by atoms with Crippen LogP contribution in [0.5, 0.6) is 0 Å². The predicted molar refractivity (Wildman–Crippen MR) is 129 cm³/mol. The second-order valence-electron chi connectivity index (χ2n) is 6.10. The summed E-state index contributed by atoms with van der Waals surface area (Å²) in [5.41, 5.74) is 0. The third-order valence-corrected chi connectivity index (χ3v) is 3.92. The van der Waals surface area contributed by atoms with Crippen LogP contribution in [0.2, 0.25) is 0 Å². The Morgan fingerprint density at radius 2 is 1.47 bits per heavy atom. The molecule has 0 aromatic rings. The summed E-state index contributed by atoms with van der Waals surface area (Å²) in [6, 6.07) is 0. The number of phosphoric acid groups is 1. The topological polar surface area (TPSA) is 160 Å². The summed E-state index contributed by atoms with van der Waals surface area (Å²) in [7, 11) is -5.28. The van der Waals surface area contributed by atoms with Gasteiger partial charge in [-0.3, -0.25) is 4.79 Å². The molecule has 190 valence electrons. The molecule has 3 N–H and O–H groups in total. The number of carbonyl (C=O) groups is 2. The number of hydrogen-bond donors (Lipinski definition) is 1. The van der Waals surface area contributed by atoms with Gasteiger partial charge in [0.2, 0.25) is 0 Å². The van der Waals surface area contributed by atoms with Crippen LogP contribution in [-0.4, -0.2) is 31.3 Å². The standard InChI is InChI=1S/C22H27O8P.H3N.2Na.7H2/c1-3-5-7-9-11-13-14-16-21(23)28-18-20(19-29-31(25,26)27)30-22(24)17-15-12-10-8-6-4-2;;;;;;;;;;/h20H,4,6,8,10,12,15,17-19H2,1-2H3,(H2,25,26,27);1H3;;;7*1H/q;;2*+1;;;;;;;/p-2/t20-;;;;;;;;;;/m1........../s1. The predicted octanol–water partition coefficient (Wildman–Crippen LogP) is -3.04. The third kappa shape index (κ3) is 29.3. The van der Waals surface area contributed by atoms with Crippen LogP contribution in [0.4, 0.5) is 0 Å². The molecule has 0 aliphatic carbocycles. The van der Waals surface area contributed by atoms with Crippen LogP contribution in [-0.2, 0) is 28.2 Å². The molecule has 9 nitrogen and oxygen atoms in total.